The number of aryl methyl sites for hydroxylation is 1. The highest BCUT2D eigenvalue weighted by Crippen LogP contribution is 2.18. The van der Waals surface area contributed by atoms with Gasteiger partial charge in [0.1, 0.15) is 0 Å². The third kappa shape index (κ3) is 2.48. The molecule has 0 aliphatic carbocycles. The molecule has 0 aliphatic rings. The molecule has 0 radical (unpaired) electrons. The predicted octanol–water partition coefficient (Wildman–Crippen LogP) is 2.29. The first-order valence-electron chi connectivity index (χ1n) is 5.49. The molecule has 0 unspecified atom stereocenters. The summed E-state index contributed by atoms with van der Waals surface area (Å²) in [6.45, 7) is 11.3. The molecule has 0 bridgehead atoms. The van der Waals surface area contributed by atoms with E-state index in [-0.39, 0.29) is 0 Å². The van der Waals surface area contributed by atoms with Crippen LogP contribution in [-0.2, 0) is 6.54 Å². The normalized spacial score (nSPS) is 11.0. The van der Waals surface area contributed by atoms with Crippen molar-refractivity contribution in [2.24, 2.45) is 0 Å². The second-order valence-corrected chi connectivity index (χ2v) is 3.85. The minimum atomic E-state index is 0.717. The van der Waals surface area contributed by atoms with Crippen molar-refractivity contribution in [3.8, 4) is 0 Å². The average molecular weight is 208 g/mol. The SMILES string of the molecule is CCN(CC)Cc1c(C)[nH]c(C=O)c1C. The lowest BCUT2D eigenvalue weighted by Gasteiger charge is -2.18. The quantitative estimate of drug-likeness (QED) is 0.754. The minimum absolute atomic E-state index is 0.717. The van der Waals surface area contributed by atoms with Crippen molar-refractivity contribution in [3.05, 3.63) is 22.5 Å². The predicted molar refractivity (Wildman–Crippen MR) is 62.3 cm³/mol. The Morgan fingerprint density at radius 3 is 2.27 bits per heavy atom. The smallest absolute Gasteiger partial charge is 0.166 e. The third-order valence-corrected chi connectivity index (χ3v) is 3.03. The Hall–Kier alpha value is -1.09. The summed E-state index contributed by atoms with van der Waals surface area (Å²) in [6.07, 6.45) is 0.897. The van der Waals surface area contributed by atoms with Crippen molar-refractivity contribution in [2.45, 2.75) is 34.2 Å². The number of aromatic amines is 1. The summed E-state index contributed by atoms with van der Waals surface area (Å²) in [5, 5.41) is 0. The molecule has 0 atom stereocenters. The van der Waals surface area contributed by atoms with E-state index in [4.69, 9.17) is 0 Å². The van der Waals surface area contributed by atoms with E-state index >= 15 is 0 Å². The van der Waals surface area contributed by atoms with Crippen molar-refractivity contribution in [3.63, 3.8) is 0 Å². The van der Waals surface area contributed by atoms with E-state index in [2.05, 4.69) is 23.7 Å². The van der Waals surface area contributed by atoms with Crippen molar-refractivity contribution in [2.75, 3.05) is 13.1 Å². The van der Waals surface area contributed by atoms with Gasteiger partial charge in [0.15, 0.2) is 6.29 Å². The zero-order chi connectivity index (χ0) is 11.4. The van der Waals surface area contributed by atoms with Gasteiger partial charge in [-0.1, -0.05) is 13.8 Å². The molecule has 0 saturated heterocycles. The number of aromatic nitrogens is 1. The third-order valence-electron chi connectivity index (χ3n) is 3.03. The Morgan fingerprint density at radius 1 is 1.27 bits per heavy atom. The minimum Gasteiger partial charge on any atom is -0.356 e. The van der Waals surface area contributed by atoms with Gasteiger partial charge in [0.2, 0.25) is 0 Å². The topological polar surface area (TPSA) is 36.1 Å². The number of hydrogen-bond acceptors (Lipinski definition) is 2. The molecule has 84 valence electrons. The summed E-state index contributed by atoms with van der Waals surface area (Å²) >= 11 is 0. The number of rotatable bonds is 5. The van der Waals surface area contributed by atoms with E-state index in [9.17, 15) is 4.79 Å². The number of nitrogens with zero attached hydrogens (tertiary/aromatic N) is 1. The molecule has 1 heterocycles. The zero-order valence-corrected chi connectivity index (χ0v) is 10.1. The first kappa shape index (κ1) is 12.0. The number of hydrogen-bond donors (Lipinski definition) is 1. The summed E-state index contributed by atoms with van der Waals surface area (Å²) < 4.78 is 0. The van der Waals surface area contributed by atoms with Crippen LogP contribution in [0.4, 0.5) is 0 Å². The molecule has 1 rings (SSSR count). The van der Waals surface area contributed by atoms with Gasteiger partial charge >= 0.3 is 0 Å². The number of aldehydes is 1. The van der Waals surface area contributed by atoms with Crippen LogP contribution in [0.2, 0.25) is 0 Å². The molecule has 3 heteroatoms. The first-order valence-corrected chi connectivity index (χ1v) is 5.49. The van der Waals surface area contributed by atoms with E-state index in [1.807, 2.05) is 13.8 Å². The maximum Gasteiger partial charge on any atom is 0.166 e. The van der Waals surface area contributed by atoms with Crippen LogP contribution < -0.4 is 0 Å². The molecule has 1 aromatic rings. The van der Waals surface area contributed by atoms with Crippen LogP contribution in [0, 0.1) is 13.8 Å². The number of nitrogens with one attached hydrogen (secondary N) is 1. The highest BCUT2D eigenvalue weighted by atomic mass is 16.1. The molecular weight excluding hydrogens is 188 g/mol. The van der Waals surface area contributed by atoms with Crippen LogP contribution in [0.25, 0.3) is 0 Å². The fraction of sp³-hybridized carbons (Fsp3) is 0.583. The van der Waals surface area contributed by atoms with E-state index in [1.54, 1.807) is 0 Å². The van der Waals surface area contributed by atoms with Gasteiger partial charge in [0, 0.05) is 12.2 Å². The molecule has 3 nitrogen and oxygen atoms in total. The molecule has 0 amide bonds. The molecule has 0 fully saturated rings. The lowest BCUT2D eigenvalue weighted by Crippen LogP contribution is -2.22. The fourth-order valence-electron chi connectivity index (χ4n) is 1.84. The Kier molecular flexibility index (Phi) is 4.09. The van der Waals surface area contributed by atoms with Gasteiger partial charge in [0.25, 0.3) is 0 Å². The van der Waals surface area contributed by atoms with Crippen molar-refractivity contribution in [1.82, 2.24) is 9.88 Å². The Bertz CT molecular complexity index is 338. The summed E-state index contributed by atoms with van der Waals surface area (Å²) in [4.78, 5) is 16.2. The van der Waals surface area contributed by atoms with Gasteiger partial charge in [-0.15, -0.1) is 0 Å². The molecule has 0 saturated carbocycles. The van der Waals surface area contributed by atoms with Crippen LogP contribution in [0.15, 0.2) is 0 Å². The van der Waals surface area contributed by atoms with Crippen LogP contribution in [0.1, 0.15) is 41.2 Å². The fourth-order valence-corrected chi connectivity index (χ4v) is 1.84. The molecule has 15 heavy (non-hydrogen) atoms. The highest BCUT2D eigenvalue weighted by molar-refractivity contribution is 5.75. The van der Waals surface area contributed by atoms with E-state index < -0.39 is 0 Å². The Morgan fingerprint density at radius 2 is 1.87 bits per heavy atom. The molecule has 1 N–H and O–H groups in total. The lowest BCUT2D eigenvalue weighted by atomic mass is 10.1. The maximum absolute atomic E-state index is 10.8. The number of carbonyl (C=O) groups excluding carboxylic acids is 1. The monoisotopic (exact) mass is 208 g/mol. The molecule has 0 spiro atoms. The van der Waals surface area contributed by atoms with Gasteiger partial charge in [-0.2, -0.15) is 0 Å². The summed E-state index contributed by atoms with van der Waals surface area (Å²) in [5.74, 6) is 0. The second-order valence-electron chi connectivity index (χ2n) is 3.85. The zero-order valence-electron chi connectivity index (χ0n) is 10.1. The van der Waals surface area contributed by atoms with Crippen LogP contribution in [-0.4, -0.2) is 29.3 Å². The summed E-state index contributed by atoms with van der Waals surface area (Å²) in [5.41, 5.74) is 4.19. The van der Waals surface area contributed by atoms with E-state index in [1.165, 1.54) is 5.56 Å². The van der Waals surface area contributed by atoms with Gasteiger partial charge in [-0.25, -0.2) is 0 Å². The first-order chi connectivity index (χ1) is 7.13. The van der Waals surface area contributed by atoms with Gasteiger partial charge < -0.3 is 4.98 Å². The summed E-state index contributed by atoms with van der Waals surface area (Å²) in [7, 11) is 0. The summed E-state index contributed by atoms with van der Waals surface area (Å²) in [6, 6.07) is 0. The Balaban J connectivity index is 2.93. The largest absolute Gasteiger partial charge is 0.356 e. The molecular formula is C12H20N2O. The van der Waals surface area contributed by atoms with Crippen molar-refractivity contribution >= 4 is 6.29 Å². The van der Waals surface area contributed by atoms with Crippen molar-refractivity contribution in [1.29, 1.82) is 0 Å². The molecule has 0 aromatic carbocycles. The second kappa shape index (κ2) is 5.12. The highest BCUT2D eigenvalue weighted by Gasteiger charge is 2.12. The van der Waals surface area contributed by atoms with E-state index in [0.717, 1.165) is 42.9 Å². The number of H-pyrrole nitrogens is 1. The lowest BCUT2D eigenvalue weighted by molar-refractivity contribution is 0.111. The van der Waals surface area contributed by atoms with Crippen molar-refractivity contribution < 1.29 is 4.79 Å². The standard InChI is InChI=1S/C12H20N2O/c1-5-14(6-2)7-11-9(3)12(8-15)13-10(11)4/h8,13H,5-7H2,1-4H3. The average Bonchev–Trinajstić information content (AvgIpc) is 2.51. The maximum atomic E-state index is 10.8. The van der Waals surface area contributed by atoms with Crippen LogP contribution in [0.5, 0.6) is 0 Å². The van der Waals surface area contributed by atoms with Crippen LogP contribution >= 0.6 is 0 Å². The molecule has 0 aliphatic heterocycles. The van der Waals surface area contributed by atoms with Crippen LogP contribution in [0.3, 0.4) is 0 Å². The van der Waals surface area contributed by atoms with Gasteiger partial charge in [-0.05, 0) is 38.1 Å². The van der Waals surface area contributed by atoms with Gasteiger partial charge in [0.05, 0.1) is 5.69 Å². The van der Waals surface area contributed by atoms with Gasteiger partial charge in [-0.3, -0.25) is 9.69 Å². The molecule has 1 aromatic heterocycles. The van der Waals surface area contributed by atoms with E-state index in [0.29, 0.717) is 0 Å². The number of carbonyl (C=O) groups is 1. The Labute approximate surface area is 91.5 Å².